The summed E-state index contributed by atoms with van der Waals surface area (Å²) in [4.78, 5) is 37.0. The lowest BCUT2D eigenvalue weighted by atomic mass is 9.42. The van der Waals surface area contributed by atoms with Crippen LogP contribution in [0.5, 0.6) is 0 Å². The number of fused-ring (bicyclic) bond motifs is 5. The maximum atomic E-state index is 13.1. The van der Waals surface area contributed by atoms with Crippen LogP contribution in [0.1, 0.15) is 76.7 Å². The molecule has 0 bridgehead atoms. The van der Waals surface area contributed by atoms with Gasteiger partial charge < -0.3 is 19.7 Å². The molecule has 5 fully saturated rings. The van der Waals surface area contributed by atoms with Gasteiger partial charge in [-0.15, -0.1) is 0 Å². The van der Waals surface area contributed by atoms with Crippen LogP contribution in [0.3, 0.4) is 0 Å². The summed E-state index contributed by atoms with van der Waals surface area (Å²) in [6.07, 6.45) is 6.88. The highest BCUT2D eigenvalue weighted by atomic mass is 16.6. The lowest BCUT2D eigenvalue weighted by Gasteiger charge is -2.61. The molecule has 8 unspecified atom stereocenters. The minimum Gasteiger partial charge on any atom is -0.465 e. The number of carbonyl (C=O) groups is 2. The second-order valence-electron chi connectivity index (χ2n) is 12.9. The van der Waals surface area contributed by atoms with E-state index in [1.165, 1.54) is 12.5 Å². The van der Waals surface area contributed by atoms with Crippen LogP contribution in [0.15, 0.2) is 40.6 Å². The number of benzene rings is 1. The molecule has 0 spiro atoms. The third-order valence-corrected chi connectivity index (χ3v) is 11.1. The van der Waals surface area contributed by atoms with E-state index in [0.29, 0.717) is 36.6 Å². The molecule has 1 saturated heterocycles. The van der Waals surface area contributed by atoms with Crippen molar-refractivity contribution in [3.63, 3.8) is 0 Å². The number of ketones is 1. The van der Waals surface area contributed by atoms with Crippen LogP contribution in [0.4, 0.5) is 0 Å². The van der Waals surface area contributed by atoms with E-state index in [1.54, 1.807) is 7.11 Å². The zero-order valence-corrected chi connectivity index (χ0v) is 24.1. The van der Waals surface area contributed by atoms with E-state index in [4.69, 9.17) is 24.7 Å². The van der Waals surface area contributed by atoms with Gasteiger partial charge in [0.2, 0.25) is 0 Å². The number of carbonyl (C=O) groups excluding carboxylic acids is 2. The molecule has 1 N–H and O–H groups in total. The Morgan fingerprint density at radius 3 is 2.60 bits per heavy atom. The minimum atomic E-state index is -0.326. The van der Waals surface area contributed by atoms with Crippen LogP contribution < -0.4 is 5.32 Å². The van der Waals surface area contributed by atoms with E-state index < -0.39 is 0 Å². The Kier molecular flexibility index (Phi) is 7.49. The summed E-state index contributed by atoms with van der Waals surface area (Å²) in [6, 6.07) is 10.5. The van der Waals surface area contributed by atoms with Gasteiger partial charge in [0.25, 0.3) is 0 Å². The average Bonchev–Trinajstić information content (AvgIpc) is 3.59. The number of nitrogens with one attached hydrogen (secondary N) is 1. The molecular weight excluding hydrogens is 506 g/mol. The number of esters is 1. The molecule has 0 amide bonds. The quantitative estimate of drug-likeness (QED) is 0.401. The molecule has 40 heavy (non-hydrogen) atoms. The monoisotopic (exact) mass is 549 g/mol. The fraction of sp³-hybridized carbons (Fsp3) is 0.688. The fourth-order valence-electron chi connectivity index (χ4n) is 9.29. The molecule has 4 aliphatic carbocycles. The van der Waals surface area contributed by atoms with Crippen LogP contribution >= 0.6 is 0 Å². The van der Waals surface area contributed by atoms with E-state index in [2.05, 4.69) is 36.5 Å². The lowest BCUT2D eigenvalue weighted by molar-refractivity contribution is -0.155. The van der Waals surface area contributed by atoms with Crippen LogP contribution in [0.25, 0.3) is 0 Å². The number of Topliss-reactive ketones (excluding diaryl/α,β-unsaturated/α-hetero) is 1. The highest BCUT2D eigenvalue weighted by molar-refractivity contribution is 6.00. The summed E-state index contributed by atoms with van der Waals surface area (Å²) in [7, 11) is 1.61. The van der Waals surface area contributed by atoms with Crippen LogP contribution in [-0.4, -0.2) is 56.1 Å². The molecule has 1 aromatic carbocycles. The van der Waals surface area contributed by atoms with Gasteiger partial charge in [-0.25, -0.2) is 0 Å². The van der Waals surface area contributed by atoms with Crippen molar-refractivity contribution in [2.45, 2.75) is 77.2 Å². The average molecular weight is 550 g/mol. The molecule has 8 atom stereocenters. The van der Waals surface area contributed by atoms with Crippen molar-refractivity contribution in [3.8, 4) is 0 Å². The van der Waals surface area contributed by atoms with Gasteiger partial charge in [-0.1, -0.05) is 47.6 Å². The van der Waals surface area contributed by atoms with E-state index in [1.807, 2.05) is 6.07 Å². The Morgan fingerprint density at radius 1 is 1.05 bits per heavy atom. The molecule has 4 saturated carbocycles. The third-order valence-electron chi connectivity index (χ3n) is 11.1. The molecule has 1 aromatic rings. The number of hydrogen-bond acceptors (Lipinski definition) is 8. The van der Waals surface area contributed by atoms with Gasteiger partial charge in [0.05, 0.1) is 18.0 Å². The molecule has 0 radical (unpaired) electrons. The van der Waals surface area contributed by atoms with Gasteiger partial charge in [0, 0.05) is 49.0 Å². The van der Waals surface area contributed by atoms with E-state index in [0.717, 1.165) is 69.5 Å². The first-order valence-corrected chi connectivity index (χ1v) is 15.1. The van der Waals surface area contributed by atoms with E-state index in [-0.39, 0.29) is 34.7 Å². The summed E-state index contributed by atoms with van der Waals surface area (Å²) < 4.78 is 5.95. The third kappa shape index (κ3) is 4.56. The predicted octanol–water partition coefficient (Wildman–Crippen LogP) is 4.88. The summed E-state index contributed by atoms with van der Waals surface area (Å²) in [5, 5.41) is 12.9. The molecule has 1 heterocycles. The van der Waals surface area contributed by atoms with Gasteiger partial charge >= 0.3 is 5.97 Å². The second-order valence-corrected chi connectivity index (χ2v) is 12.9. The topological polar surface area (TPSA) is 98.6 Å². The van der Waals surface area contributed by atoms with Gasteiger partial charge in [-0.05, 0) is 68.4 Å². The van der Waals surface area contributed by atoms with Crippen molar-refractivity contribution in [2.75, 3.05) is 26.8 Å². The SMILES string of the molecule is CO/N=C1/CC2C3CCC(=O)C3(C)CCC2C2(COC(C)=O)CC/C(=N/OC3CCNC3)C(c3ccccc3)C12. The maximum absolute atomic E-state index is 13.1. The highest BCUT2D eigenvalue weighted by Gasteiger charge is 2.65. The van der Waals surface area contributed by atoms with Crippen molar-refractivity contribution in [1.29, 1.82) is 0 Å². The van der Waals surface area contributed by atoms with Crippen LogP contribution in [0, 0.1) is 34.5 Å². The first-order chi connectivity index (χ1) is 19.4. The summed E-state index contributed by atoms with van der Waals surface area (Å²) >= 11 is 0. The second kappa shape index (κ2) is 10.9. The fourth-order valence-corrected chi connectivity index (χ4v) is 9.29. The predicted molar refractivity (Wildman–Crippen MR) is 152 cm³/mol. The first-order valence-electron chi connectivity index (χ1n) is 15.1. The summed E-state index contributed by atoms with van der Waals surface area (Å²) in [5.41, 5.74) is 2.61. The zero-order valence-electron chi connectivity index (χ0n) is 24.1. The number of ether oxygens (including phenoxy) is 1. The largest absolute Gasteiger partial charge is 0.465 e. The Balaban J connectivity index is 1.47. The summed E-state index contributed by atoms with van der Waals surface area (Å²) in [5.74, 6) is 0.995. The number of oxime groups is 2. The smallest absolute Gasteiger partial charge is 0.302 e. The lowest BCUT2D eigenvalue weighted by Crippen LogP contribution is -2.61. The molecule has 6 rings (SSSR count). The van der Waals surface area contributed by atoms with Crippen molar-refractivity contribution < 1.29 is 24.0 Å². The standard InChI is InChI=1S/C32H43N3O5/c1-20(36)39-19-32-15-12-26(35-40-22-13-16-33-18-22)29(21-7-5-4-6-8-21)30(32)27(34-38-3)17-23-24-9-10-28(37)31(24,2)14-11-25(23)32/h4-8,22-25,29-30,33H,9-19H2,1-3H3/b34-27-,35-26-. The Hall–Kier alpha value is -2.74. The molecule has 8 nitrogen and oxygen atoms in total. The molecule has 216 valence electrons. The number of nitrogens with zero attached hydrogens (tertiary/aromatic N) is 2. The summed E-state index contributed by atoms with van der Waals surface area (Å²) in [6.45, 7) is 5.79. The molecular formula is C32H43N3O5. The zero-order chi connectivity index (χ0) is 27.9. The molecule has 8 heteroatoms. The van der Waals surface area contributed by atoms with Crippen molar-refractivity contribution in [2.24, 2.45) is 44.8 Å². The van der Waals surface area contributed by atoms with Gasteiger partial charge in [0.1, 0.15) is 19.0 Å². The normalized spacial score (nSPS) is 40.8. The van der Waals surface area contributed by atoms with Crippen molar-refractivity contribution >= 4 is 23.2 Å². The number of rotatable bonds is 6. The van der Waals surface area contributed by atoms with Crippen LogP contribution in [0.2, 0.25) is 0 Å². The van der Waals surface area contributed by atoms with Crippen LogP contribution in [-0.2, 0) is 24.0 Å². The Labute approximate surface area is 237 Å². The minimum absolute atomic E-state index is 0.0466. The molecule has 0 aromatic heterocycles. The maximum Gasteiger partial charge on any atom is 0.302 e. The van der Waals surface area contributed by atoms with E-state index in [9.17, 15) is 9.59 Å². The number of hydrogen-bond donors (Lipinski definition) is 1. The van der Waals surface area contributed by atoms with Gasteiger partial charge in [0.15, 0.2) is 0 Å². The van der Waals surface area contributed by atoms with E-state index >= 15 is 0 Å². The van der Waals surface area contributed by atoms with Gasteiger partial charge in [-0.2, -0.15) is 0 Å². The molecule has 5 aliphatic rings. The van der Waals surface area contributed by atoms with Crippen molar-refractivity contribution in [1.82, 2.24) is 5.32 Å². The van der Waals surface area contributed by atoms with Gasteiger partial charge in [-0.3, -0.25) is 9.59 Å². The Morgan fingerprint density at radius 2 is 1.88 bits per heavy atom. The van der Waals surface area contributed by atoms with Crippen molar-refractivity contribution in [3.05, 3.63) is 35.9 Å². The first kappa shape index (κ1) is 27.4. The molecule has 1 aliphatic heterocycles. The highest BCUT2D eigenvalue weighted by Crippen LogP contribution is 2.66. The Bertz CT molecular complexity index is 1180.